The van der Waals surface area contributed by atoms with Crippen molar-refractivity contribution in [2.75, 3.05) is 13.2 Å². The van der Waals surface area contributed by atoms with Crippen LogP contribution in [0.3, 0.4) is 0 Å². The van der Waals surface area contributed by atoms with E-state index in [0.29, 0.717) is 19.3 Å². The Hall–Kier alpha value is -2.89. The monoisotopic (exact) mass is 1120 g/mol. The van der Waals surface area contributed by atoms with Crippen molar-refractivity contribution >= 4 is 17.9 Å². The van der Waals surface area contributed by atoms with Crippen molar-refractivity contribution in [3.63, 3.8) is 0 Å². The average molecular weight is 1120 g/mol. The molecule has 0 aromatic rings. The van der Waals surface area contributed by atoms with E-state index in [9.17, 15) is 14.4 Å². The lowest BCUT2D eigenvalue weighted by Gasteiger charge is -2.18. The molecule has 466 valence electrons. The minimum atomic E-state index is -0.777. The zero-order chi connectivity index (χ0) is 57.8. The zero-order valence-electron chi connectivity index (χ0n) is 53.6. The third-order valence-corrected chi connectivity index (χ3v) is 15.8. The first-order valence-corrected chi connectivity index (χ1v) is 35.3. The van der Waals surface area contributed by atoms with Crippen LogP contribution in [0.2, 0.25) is 0 Å². The fourth-order valence-corrected chi connectivity index (χ4v) is 10.5. The molecule has 1 atom stereocenters. The van der Waals surface area contributed by atoms with Crippen LogP contribution in [0.1, 0.15) is 374 Å². The van der Waals surface area contributed by atoms with E-state index in [4.69, 9.17) is 14.2 Å². The van der Waals surface area contributed by atoms with Crippen LogP contribution in [0.25, 0.3) is 0 Å². The second-order valence-corrected chi connectivity index (χ2v) is 23.8. The highest BCUT2D eigenvalue weighted by atomic mass is 16.6. The summed E-state index contributed by atoms with van der Waals surface area (Å²) in [5, 5.41) is 0. The molecule has 0 rings (SSSR count). The molecule has 0 fully saturated rings. The molecule has 0 aliphatic heterocycles. The van der Waals surface area contributed by atoms with Gasteiger partial charge in [0.05, 0.1) is 0 Å². The molecule has 0 N–H and O–H groups in total. The van der Waals surface area contributed by atoms with Crippen molar-refractivity contribution in [2.24, 2.45) is 0 Å². The summed E-state index contributed by atoms with van der Waals surface area (Å²) in [5.41, 5.74) is 0. The van der Waals surface area contributed by atoms with Gasteiger partial charge < -0.3 is 14.2 Å². The number of hydrogen-bond acceptors (Lipinski definition) is 6. The summed E-state index contributed by atoms with van der Waals surface area (Å²) in [7, 11) is 0. The maximum absolute atomic E-state index is 13.0. The van der Waals surface area contributed by atoms with Gasteiger partial charge in [0.1, 0.15) is 13.2 Å². The largest absolute Gasteiger partial charge is 0.462 e. The number of carbonyl (C=O) groups is 3. The van der Waals surface area contributed by atoms with Crippen molar-refractivity contribution in [2.45, 2.75) is 380 Å². The van der Waals surface area contributed by atoms with Gasteiger partial charge in [-0.05, 0) is 83.5 Å². The van der Waals surface area contributed by atoms with Crippen LogP contribution in [0.5, 0.6) is 0 Å². The number of allylic oxidation sites excluding steroid dienone is 10. The quantitative estimate of drug-likeness (QED) is 0.0261. The van der Waals surface area contributed by atoms with E-state index < -0.39 is 6.10 Å². The molecule has 0 aromatic heterocycles. The molecule has 80 heavy (non-hydrogen) atoms. The van der Waals surface area contributed by atoms with Gasteiger partial charge in [-0.2, -0.15) is 0 Å². The van der Waals surface area contributed by atoms with Crippen LogP contribution < -0.4 is 0 Å². The predicted octanol–water partition coefficient (Wildman–Crippen LogP) is 24.3. The summed E-state index contributed by atoms with van der Waals surface area (Å²) in [4.78, 5) is 38.4. The Morgan fingerprint density at radius 2 is 0.487 bits per heavy atom. The molecule has 0 aromatic carbocycles. The van der Waals surface area contributed by atoms with E-state index in [1.165, 1.54) is 244 Å². The molecule has 0 aliphatic carbocycles. The normalized spacial score (nSPS) is 12.4. The van der Waals surface area contributed by atoms with E-state index in [0.717, 1.165) is 89.9 Å². The first kappa shape index (κ1) is 77.1. The van der Waals surface area contributed by atoms with Gasteiger partial charge >= 0.3 is 17.9 Å². The van der Waals surface area contributed by atoms with Crippen molar-refractivity contribution in [3.05, 3.63) is 60.8 Å². The van der Waals surface area contributed by atoms with Gasteiger partial charge in [0.25, 0.3) is 0 Å². The van der Waals surface area contributed by atoms with E-state index >= 15 is 0 Å². The van der Waals surface area contributed by atoms with Gasteiger partial charge in [0.2, 0.25) is 0 Å². The fraction of sp³-hybridized carbons (Fsp3) is 0.824. The third-order valence-electron chi connectivity index (χ3n) is 15.8. The van der Waals surface area contributed by atoms with Crippen molar-refractivity contribution in [1.82, 2.24) is 0 Å². The molecule has 0 aliphatic rings. The molecule has 0 amide bonds. The Balaban J connectivity index is 4.27. The molecule has 0 saturated carbocycles. The highest BCUT2D eigenvalue weighted by molar-refractivity contribution is 5.71. The Bertz CT molecular complexity index is 1430. The standard InChI is InChI=1S/C74H134O6/c1-4-7-10-13-16-19-22-25-28-30-32-34-36-37-39-40-42-44-46-49-52-55-58-61-64-67-73(76)79-70-71(69-78-72(75)66-63-60-57-54-51-48-27-24-21-18-15-12-9-6-3)80-74(77)68-65-62-59-56-53-50-47-45-43-41-38-35-33-31-29-26-23-20-17-14-11-8-5-2/h7,10,16,19,24-25,27-28,32,34,71H,4-6,8-9,11-15,17-18,20-23,26,29-31,33,35-70H2,1-3H3/b10-7-,19-16-,27-24-,28-25-,34-32-. The molecule has 6 nitrogen and oxygen atoms in total. The Labute approximate surface area is 498 Å². The van der Waals surface area contributed by atoms with Crippen LogP contribution in [0.4, 0.5) is 0 Å². The first-order chi connectivity index (χ1) is 39.5. The van der Waals surface area contributed by atoms with Crippen molar-refractivity contribution < 1.29 is 28.6 Å². The minimum absolute atomic E-state index is 0.0736. The number of unbranched alkanes of at least 4 members (excludes halogenated alkanes) is 44. The molecular weight excluding hydrogens is 985 g/mol. The number of hydrogen-bond donors (Lipinski definition) is 0. The molecular formula is C74H134O6. The highest BCUT2D eigenvalue weighted by Gasteiger charge is 2.19. The second-order valence-electron chi connectivity index (χ2n) is 23.8. The lowest BCUT2D eigenvalue weighted by molar-refractivity contribution is -0.167. The smallest absolute Gasteiger partial charge is 0.306 e. The van der Waals surface area contributed by atoms with Crippen LogP contribution in [-0.2, 0) is 28.6 Å². The molecule has 0 saturated heterocycles. The molecule has 0 bridgehead atoms. The van der Waals surface area contributed by atoms with Gasteiger partial charge in [0, 0.05) is 19.3 Å². The third kappa shape index (κ3) is 65.9. The number of carbonyl (C=O) groups excluding carboxylic acids is 3. The van der Waals surface area contributed by atoms with Gasteiger partial charge in [-0.25, -0.2) is 0 Å². The van der Waals surface area contributed by atoms with Crippen LogP contribution >= 0.6 is 0 Å². The van der Waals surface area contributed by atoms with E-state index in [1.807, 2.05) is 0 Å². The van der Waals surface area contributed by atoms with Crippen LogP contribution in [-0.4, -0.2) is 37.2 Å². The van der Waals surface area contributed by atoms with Crippen LogP contribution in [0.15, 0.2) is 60.8 Å². The summed E-state index contributed by atoms with van der Waals surface area (Å²) in [5.74, 6) is -0.859. The number of ether oxygens (including phenoxy) is 3. The second kappa shape index (κ2) is 68.6. The molecule has 0 radical (unpaired) electrons. The lowest BCUT2D eigenvalue weighted by atomic mass is 10.0. The summed E-state index contributed by atoms with van der Waals surface area (Å²) < 4.78 is 17.0. The summed E-state index contributed by atoms with van der Waals surface area (Å²) in [6.45, 7) is 6.58. The molecule has 0 heterocycles. The van der Waals surface area contributed by atoms with E-state index in [-0.39, 0.29) is 31.1 Å². The van der Waals surface area contributed by atoms with Gasteiger partial charge in [-0.1, -0.05) is 332 Å². The number of rotatable bonds is 65. The Morgan fingerprint density at radius 3 is 0.775 bits per heavy atom. The fourth-order valence-electron chi connectivity index (χ4n) is 10.5. The SMILES string of the molecule is CC/C=C\C/C=C\C/C=C\C/C=C\CCCCCCCCCCCCCCC(=O)OCC(COC(=O)CCCCCCC/C=C\CCCCCCC)OC(=O)CCCCCCCCCCCCCCCCCCCCCCCCC. The topological polar surface area (TPSA) is 78.9 Å². The average Bonchev–Trinajstić information content (AvgIpc) is 3.46. The lowest BCUT2D eigenvalue weighted by Crippen LogP contribution is -2.30. The van der Waals surface area contributed by atoms with Crippen molar-refractivity contribution in [1.29, 1.82) is 0 Å². The van der Waals surface area contributed by atoms with E-state index in [2.05, 4.69) is 81.5 Å². The summed E-state index contributed by atoms with van der Waals surface area (Å²) >= 11 is 0. The van der Waals surface area contributed by atoms with Crippen molar-refractivity contribution in [3.8, 4) is 0 Å². The Morgan fingerprint density at radius 1 is 0.263 bits per heavy atom. The zero-order valence-corrected chi connectivity index (χ0v) is 53.6. The maximum Gasteiger partial charge on any atom is 0.306 e. The predicted molar refractivity (Wildman–Crippen MR) is 348 cm³/mol. The minimum Gasteiger partial charge on any atom is -0.462 e. The van der Waals surface area contributed by atoms with E-state index in [1.54, 1.807) is 0 Å². The van der Waals surface area contributed by atoms with Gasteiger partial charge in [-0.15, -0.1) is 0 Å². The first-order valence-electron chi connectivity index (χ1n) is 35.3. The highest BCUT2D eigenvalue weighted by Crippen LogP contribution is 2.18. The maximum atomic E-state index is 13.0. The van der Waals surface area contributed by atoms with Crippen LogP contribution in [0, 0.1) is 0 Å². The molecule has 0 spiro atoms. The van der Waals surface area contributed by atoms with Gasteiger partial charge in [-0.3, -0.25) is 14.4 Å². The number of esters is 3. The summed E-state index contributed by atoms with van der Waals surface area (Å²) in [6.07, 6.45) is 88.2. The Kier molecular flexibility index (Phi) is 66.1. The molecule has 6 heteroatoms. The summed E-state index contributed by atoms with van der Waals surface area (Å²) in [6, 6.07) is 0. The molecule has 1 unspecified atom stereocenters. The van der Waals surface area contributed by atoms with Gasteiger partial charge in [0.15, 0.2) is 6.10 Å².